The number of halogens is 1. The topological polar surface area (TPSA) is 63.1 Å². The van der Waals surface area contributed by atoms with Gasteiger partial charge in [-0.3, -0.25) is 14.3 Å². The van der Waals surface area contributed by atoms with E-state index in [4.69, 9.17) is 11.6 Å². The van der Waals surface area contributed by atoms with Crippen LogP contribution in [0.3, 0.4) is 0 Å². The Morgan fingerprint density at radius 1 is 1.03 bits per heavy atom. The number of carbonyl (C=O) groups is 1. The number of piperidine rings is 1. The Kier molecular flexibility index (Phi) is 7.52. The smallest absolute Gasteiger partial charge is 0.230 e. The largest absolute Gasteiger partial charge is 0.349 e. The fourth-order valence-electron chi connectivity index (χ4n) is 4.93. The summed E-state index contributed by atoms with van der Waals surface area (Å²) in [5.41, 5.74) is 3.56. The number of rotatable bonds is 7. The normalized spacial score (nSPS) is 18.4. The number of hydrogen-bond donors (Lipinski definition) is 1. The van der Waals surface area contributed by atoms with E-state index in [9.17, 15) is 4.79 Å². The molecule has 8 heteroatoms. The third-order valence-corrected chi connectivity index (χ3v) is 7.82. The molecule has 2 aliphatic rings. The molecule has 0 bridgehead atoms. The summed E-state index contributed by atoms with van der Waals surface area (Å²) in [5, 5.41) is 13.7. The lowest BCUT2D eigenvalue weighted by Gasteiger charge is -2.26. The first-order valence-corrected chi connectivity index (χ1v) is 13.5. The van der Waals surface area contributed by atoms with Gasteiger partial charge in [0.05, 0.1) is 18.3 Å². The first-order valence-electron chi connectivity index (χ1n) is 12.1. The number of nitrogens with zero attached hydrogens (tertiary/aromatic N) is 4. The van der Waals surface area contributed by atoms with Gasteiger partial charge in [-0.2, -0.15) is 0 Å². The maximum absolute atomic E-state index is 12.9. The SMILES string of the molecule is O=C(CSc1nnc(CN2CCCCC2)n1-c1ccc(Cl)cc1)NC1CCCc2ccccc21. The van der Waals surface area contributed by atoms with Crippen molar-refractivity contribution in [1.82, 2.24) is 25.0 Å². The molecular weight excluding hydrogens is 466 g/mol. The van der Waals surface area contributed by atoms with Crippen LogP contribution in [0, 0.1) is 0 Å². The van der Waals surface area contributed by atoms with Crippen molar-refractivity contribution in [3.8, 4) is 5.69 Å². The van der Waals surface area contributed by atoms with E-state index in [2.05, 4.69) is 49.2 Å². The molecule has 0 radical (unpaired) electrons. The Balaban J connectivity index is 1.30. The van der Waals surface area contributed by atoms with Crippen molar-refractivity contribution in [2.75, 3.05) is 18.8 Å². The maximum atomic E-state index is 12.9. The van der Waals surface area contributed by atoms with Crippen molar-refractivity contribution in [3.05, 3.63) is 70.5 Å². The summed E-state index contributed by atoms with van der Waals surface area (Å²) in [6, 6.07) is 16.2. The van der Waals surface area contributed by atoms with Gasteiger partial charge in [0.15, 0.2) is 11.0 Å². The van der Waals surface area contributed by atoms with Crippen LogP contribution < -0.4 is 5.32 Å². The summed E-state index contributed by atoms with van der Waals surface area (Å²) in [4.78, 5) is 15.3. The second-order valence-electron chi connectivity index (χ2n) is 9.05. The van der Waals surface area contributed by atoms with E-state index < -0.39 is 0 Å². The molecule has 1 amide bonds. The van der Waals surface area contributed by atoms with E-state index in [1.807, 2.05) is 24.3 Å². The minimum atomic E-state index is 0.0231. The van der Waals surface area contributed by atoms with E-state index in [1.54, 1.807) is 0 Å². The van der Waals surface area contributed by atoms with Crippen molar-refractivity contribution in [2.24, 2.45) is 0 Å². The van der Waals surface area contributed by atoms with Gasteiger partial charge < -0.3 is 5.32 Å². The minimum absolute atomic E-state index is 0.0231. The van der Waals surface area contributed by atoms with Crippen LogP contribution in [0.25, 0.3) is 5.69 Å². The third kappa shape index (κ3) is 5.48. The van der Waals surface area contributed by atoms with Gasteiger partial charge in [-0.1, -0.05) is 54.0 Å². The Morgan fingerprint density at radius 3 is 2.65 bits per heavy atom. The van der Waals surface area contributed by atoms with E-state index in [0.29, 0.717) is 10.8 Å². The number of benzene rings is 2. The molecule has 2 aromatic carbocycles. The molecule has 1 atom stereocenters. The van der Waals surface area contributed by atoms with E-state index >= 15 is 0 Å². The van der Waals surface area contributed by atoms with Crippen LogP contribution >= 0.6 is 23.4 Å². The molecule has 34 heavy (non-hydrogen) atoms. The van der Waals surface area contributed by atoms with Gasteiger partial charge in [0.25, 0.3) is 0 Å². The number of aryl methyl sites for hydroxylation is 1. The fourth-order valence-corrected chi connectivity index (χ4v) is 5.84. The molecule has 6 nitrogen and oxygen atoms in total. The van der Waals surface area contributed by atoms with Crippen LogP contribution in [-0.4, -0.2) is 44.4 Å². The van der Waals surface area contributed by atoms with Crippen LogP contribution in [0.1, 0.15) is 55.1 Å². The number of amides is 1. The van der Waals surface area contributed by atoms with E-state index in [0.717, 1.165) is 55.6 Å². The second-order valence-corrected chi connectivity index (χ2v) is 10.4. The third-order valence-electron chi connectivity index (χ3n) is 6.64. The molecule has 1 aliphatic carbocycles. The van der Waals surface area contributed by atoms with Gasteiger partial charge in [0.1, 0.15) is 0 Å². The Hall–Kier alpha value is -2.35. The van der Waals surface area contributed by atoms with Gasteiger partial charge in [-0.25, -0.2) is 0 Å². The average molecular weight is 496 g/mol. The zero-order chi connectivity index (χ0) is 23.3. The first kappa shape index (κ1) is 23.4. The zero-order valence-corrected chi connectivity index (χ0v) is 20.8. The van der Waals surface area contributed by atoms with Crippen molar-refractivity contribution in [1.29, 1.82) is 0 Å². The van der Waals surface area contributed by atoms with Gasteiger partial charge >= 0.3 is 0 Å². The monoisotopic (exact) mass is 495 g/mol. The lowest BCUT2D eigenvalue weighted by molar-refractivity contribution is -0.119. The summed E-state index contributed by atoms with van der Waals surface area (Å²) in [7, 11) is 0. The molecule has 1 unspecified atom stereocenters. The predicted octanol–water partition coefficient (Wildman–Crippen LogP) is 5.19. The number of hydrogen-bond acceptors (Lipinski definition) is 5. The molecule has 1 aliphatic heterocycles. The van der Waals surface area contributed by atoms with Gasteiger partial charge in [-0.15, -0.1) is 10.2 Å². The molecule has 1 aromatic heterocycles. The number of thioether (sulfide) groups is 1. The average Bonchev–Trinajstić information content (AvgIpc) is 3.26. The molecule has 2 heterocycles. The quantitative estimate of drug-likeness (QED) is 0.457. The number of fused-ring (bicyclic) bond motifs is 1. The highest BCUT2D eigenvalue weighted by Gasteiger charge is 2.23. The molecule has 0 spiro atoms. The molecule has 1 saturated heterocycles. The standard InChI is InChI=1S/C26H30ClN5OS/c27-20-11-13-21(14-12-20)32-24(17-31-15-4-1-5-16-31)29-30-26(32)34-18-25(33)28-23-10-6-8-19-7-2-3-9-22(19)23/h2-3,7,9,11-14,23H,1,4-6,8,10,15-18H2,(H,28,33). The highest BCUT2D eigenvalue weighted by Crippen LogP contribution is 2.30. The highest BCUT2D eigenvalue weighted by atomic mass is 35.5. The highest BCUT2D eigenvalue weighted by molar-refractivity contribution is 7.99. The van der Waals surface area contributed by atoms with Gasteiger partial charge in [-0.05, 0) is 80.6 Å². The summed E-state index contributed by atoms with van der Waals surface area (Å²) in [6.45, 7) is 2.92. The van der Waals surface area contributed by atoms with Crippen LogP contribution in [-0.2, 0) is 17.8 Å². The number of aromatic nitrogens is 3. The number of likely N-dealkylation sites (tertiary alicyclic amines) is 1. The summed E-state index contributed by atoms with van der Waals surface area (Å²) < 4.78 is 2.07. The Bertz CT molecular complexity index is 1130. The van der Waals surface area contributed by atoms with Crippen molar-refractivity contribution in [3.63, 3.8) is 0 Å². The predicted molar refractivity (Wildman–Crippen MR) is 136 cm³/mol. The van der Waals surface area contributed by atoms with Crippen LogP contribution in [0.5, 0.6) is 0 Å². The molecule has 5 rings (SSSR count). The second kappa shape index (κ2) is 10.9. The number of carbonyl (C=O) groups excluding carboxylic acids is 1. The Morgan fingerprint density at radius 2 is 1.82 bits per heavy atom. The summed E-state index contributed by atoms with van der Waals surface area (Å²) in [6.07, 6.45) is 6.90. The Labute approximate surface area is 210 Å². The van der Waals surface area contributed by atoms with Crippen molar-refractivity contribution >= 4 is 29.3 Å². The van der Waals surface area contributed by atoms with E-state index in [1.165, 1.54) is 42.2 Å². The van der Waals surface area contributed by atoms with Crippen LogP contribution in [0.2, 0.25) is 5.02 Å². The van der Waals surface area contributed by atoms with Crippen LogP contribution in [0.15, 0.2) is 53.7 Å². The minimum Gasteiger partial charge on any atom is -0.349 e. The summed E-state index contributed by atoms with van der Waals surface area (Å²) in [5.74, 6) is 1.22. The van der Waals surface area contributed by atoms with Crippen molar-refractivity contribution in [2.45, 2.75) is 56.3 Å². The molecule has 1 N–H and O–H groups in total. The van der Waals surface area contributed by atoms with Crippen LogP contribution in [0.4, 0.5) is 0 Å². The van der Waals surface area contributed by atoms with E-state index in [-0.39, 0.29) is 11.9 Å². The van der Waals surface area contributed by atoms with Gasteiger partial charge in [0.2, 0.25) is 5.91 Å². The summed E-state index contributed by atoms with van der Waals surface area (Å²) >= 11 is 7.57. The molecule has 3 aromatic rings. The zero-order valence-electron chi connectivity index (χ0n) is 19.3. The van der Waals surface area contributed by atoms with Gasteiger partial charge in [0, 0.05) is 10.7 Å². The molecule has 178 valence electrons. The van der Waals surface area contributed by atoms with Crippen molar-refractivity contribution < 1.29 is 4.79 Å². The first-order chi connectivity index (χ1) is 16.7. The molecule has 0 saturated carbocycles. The molecular formula is C26H30ClN5OS. The molecule has 1 fully saturated rings. The maximum Gasteiger partial charge on any atom is 0.230 e. The lowest BCUT2D eigenvalue weighted by Crippen LogP contribution is -2.32. The lowest BCUT2D eigenvalue weighted by atomic mass is 9.88. The number of nitrogens with one attached hydrogen (secondary N) is 1. The fraction of sp³-hybridized carbons (Fsp3) is 0.423.